The van der Waals surface area contributed by atoms with E-state index in [-0.39, 0.29) is 54.7 Å². The summed E-state index contributed by atoms with van der Waals surface area (Å²) in [5.41, 5.74) is 9.83. The SMILES string of the molecule is Nc1ccc(C(=O)Nc2cc3cn(C4CCN(CC5CCN(c6cc(F)c7c(c6)C(=O)N(C6CCC(=O)NC6=O)C7)CC5)CC4)nc3cc2N2CCCCC2)nn1. The van der Waals surface area contributed by atoms with E-state index in [4.69, 9.17) is 10.8 Å². The molecular formula is C41H48FN11O4. The van der Waals surface area contributed by atoms with Crippen LogP contribution >= 0.6 is 0 Å². The first kappa shape index (κ1) is 37.0. The van der Waals surface area contributed by atoms with E-state index in [1.807, 2.05) is 6.07 Å². The van der Waals surface area contributed by atoms with Crippen LogP contribution in [0.25, 0.3) is 10.9 Å². The van der Waals surface area contributed by atoms with Gasteiger partial charge >= 0.3 is 0 Å². The maximum atomic E-state index is 15.4. The number of amides is 4. The highest BCUT2D eigenvalue weighted by molar-refractivity contribution is 6.07. The lowest BCUT2D eigenvalue weighted by atomic mass is 9.94. The van der Waals surface area contributed by atoms with E-state index in [2.05, 4.69) is 52.5 Å². The minimum absolute atomic E-state index is 0.0325. The summed E-state index contributed by atoms with van der Waals surface area (Å²) in [4.78, 5) is 59.1. The fourth-order valence-corrected chi connectivity index (χ4v) is 9.30. The Balaban J connectivity index is 0.804. The van der Waals surface area contributed by atoms with Gasteiger partial charge in [-0.3, -0.25) is 29.2 Å². The minimum atomic E-state index is -0.768. The second-order valence-corrected chi connectivity index (χ2v) is 16.2. The highest BCUT2D eigenvalue weighted by atomic mass is 19.1. The summed E-state index contributed by atoms with van der Waals surface area (Å²) in [6.07, 6.45) is 9.84. The number of carbonyl (C=O) groups is 4. The van der Waals surface area contributed by atoms with Gasteiger partial charge in [0.15, 0.2) is 5.69 Å². The van der Waals surface area contributed by atoms with E-state index in [0.29, 0.717) is 22.7 Å². The van der Waals surface area contributed by atoms with Crippen molar-refractivity contribution in [2.75, 3.05) is 66.7 Å². The number of hydrogen-bond donors (Lipinski definition) is 3. The van der Waals surface area contributed by atoms with Crippen molar-refractivity contribution in [2.45, 2.75) is 76.4 Å². The topological polar surface area (TPSA) is 175 Å². The van der Waals surface area contributed by atoms with Crippen molar-refractivity contribution in [3.05, 3.63) is 65.2 Å². The van der Waals surface area contributed by atoms with E-state index < -0.39 is 17.8 Å². The Morgan fingerprint density at radius 1 is 0.895 bits per heavy atom. The second kappa shape index (κ2) is 15.4. The lowest BCUT2D eigenvalue weighted by Gasteiger charge is -2.38. The van der Waals surface area contributed by atoms with Gasteiger partial charge in [0.2, 0.25) is 11.8 Å². The van der Waals surface area contributed by atoms with Gasteiger partial charge in [0.1, 0.15) is 17.7 Å². The summed E-state index contributed by atoms with van der Waals surface area (Å²) < 4.78 is 17.5. The van der Waals surface area contributed by atoms with Crippen LogP contribution in [0.1, 0.15) is 90.2 Å². The van der Waals surface area contributed by atoms with E-state index in [9.17, 15) is 19.2 Å². The number of nitrogen functional groups attached to an aromatic ring is 1. The number of nitrogens with zero attached hydrogens (tertiary/aromatic N) is 8. The predicted molar refractivity (Wildman–Crippen MR) is 212 cm³/mol. The molecule has 15 nitrogen and oxygen atoms in total. The lowest BCUT2D eigenvalue weighted by molar-refractivity contribution is -0.136. The molecule has 4 aromatic rings. The van der Waals surface area contributed by atoms with E-state index in [0.717, 1.165) is 107 Å². The van der Waals surface area contributed by atoms with Crippen LogP contribution in [0.5, 0.6) is 0 Å². The van der Waals surface area contributed by atoms with Crippen molar-refractivity contribution in [3.8, 4) is 0 Å². The van der Waals surface area contributed by atoms with Crippen LogP contribution in [0, 0.1) is 11.7 Å². The van der Waals surface area contributed by atoms with Gasteiger partial charge < -0.3 is 30.7 Å². The summed E-state index contributed by atoms with van der Waals surface area (Å²) in [6, 6.07) is 10.1. The van der Waals surface area contributed by atoms with Gasteiger partial charge in [-0.1, -0.05) is 0 Å². The van der Waals surface area contributed by atoms with E-state index >= 15 is 4.39 Å². The molecule has 0 spiro atoms. The zero-order valence-corrected chi connectivity index (χ0v) is 32.0. The monoisotopic (exact) mass is 777 g/mol. The maximum Gasteiger partial charge on any atom is 0.276 e. The lowest BCUT2D eigenvalue weighted by Crippen LogP contribution is -2.52. The summed E-state index contributed by atoms with van der Waals surface area (Å²) in [6.45, 7) is 6.41. The third kappa shape index (κ3) is 7.49. The first-order chi connectivity index (χ1) is 27.7. The van der Waals surface area contributed by atoms with Crippen LogP contribution in [0.2, 0.25) is 0 Å². The number of fused-ring (bicyclic) bond motifs is 2. The third-order valence-electron chi connectivity index (χ3n) is 12.5. The quantitative estimate of drug-likeness (QED) is 0.220. The molecule has 5 aliphatic rings. The molecule has 2 aromatic carbocycles. The van der Waals surface area contributed by atoms with Crippen molar-refractivity contribution in [1.82, 2.24) is 35.1 Å². The van der Waals surface area contributed by atoms with Crippen LogP contribution in [0.3, 0.4) is 0 Å². The van der Waals surface area contributed by atoms with Crippen LogP contribution in [0.15, 0.2) is 42.6 Å². The number of anilines is 4. The van der Waals surface area contributed by atoms with Crippen LogP contribution < -0.4 is 26.2 Å². The zero-order valence-electron chi connectivity index (χ0n) is 32.0. The summed E-state index contributed by atoms with van der Waals surface area (Å²) >= 11 is 0. The number of aromatic nitrogens is 4. The molecule has 2 aromatic heterocycles. The largest absolute Gasteiger partial charge is 0.382 e. The summed E-state index contributed by atoms with van der Waals surface area (Å²) in [7, 11) is 0. The predicted octanol–water partition coefficient (Wildman–Crippen LogP) is 4.10. The molecule has 0 bridgehead atoms. The van der Waals surface area contributed by atoms with Gasteiger partial charge in [0.05, 0.1) is 29.5 Å². The number of halogens is 1. The first-order valence-corrected chi connectivity index (χ1v) is 20.3. The van der Waals surface area contributed by atoms with Crippen LogP contribution in [-0.4, -0.2) is 105 Å². The Kier molecular flexibility index (Phi) is 9.97. The Hall–Kier alpha value is -5.64. The molecule has 0 radical (unpaired) electrons. The highest BCUT2D eigenvalue weighted by Crippen LogP contribution is 2.36. The van der Waals surface area contributed by atoms with Crippen molar-refractivity contribution >= 4 is 57.4 Å². The summed E-state index contributed by atoms with van der Waals surface area (Å²) in [5.74, 6) is -1.19. The second-order valence-electron chi connectivity index (χ2n) is 16.2. The van der Waals surface area contributed by atoms with Gasteiger partial charge in [0, 0.05) is 80.6 Å². The van der Waals surface area contributed by atoms with Crippen LogP contribution in [0.4, 0.5) is 27.3 Å². The molecule has 0 saturated carbocycles. The number of rotatable bonds is 8. The zero-order chi connectivity index (χ0) is 39.2. The maximum absolute atomic E-state index is 15.4. The Bertz CT molecular complexity index is 2210. The van der Waals surface area contributed by atoms with Gasteiger partial charge in [-0.05, 0) is 93.7 Å². The number of nitrogens with two attached hydrogens (primary N) is 1. The number of carbonyl (C=O) groups excluding carboxylic acids is 4. The molecule has 57 heavy (non-hydrogen) atoms. The van der Waals surface area contributed by atoms with E-state index in [1.54, 1.807) is 18.2 Å². The molecule has 4 fully saturated rings. The molecule has 4 amide bonds. The number of nitrogens with one attached hydrogen (secondary N) is 2. The standard InChI is InChI=1S/C41H48FN11O4/c42-31-20-28(19-29-30(31)24-52(41(29)57)35-5-7-38(54)45-40(35)56)50-16-8-25(9-17-50)22-49-14-10-27(11-15-49)53-23-26-18-34(44-39(55)32-4-6-37(43)47-46-32)36(21-33(26)48-53)51-12-2-1-3-13-51/h4,6,18-21,23,25,27,35H,1-3,5,7-17,22,24H2,(H2,43,47)(H,44,55)(H,45,54,56). The Labute approximate surface area is 329 Å². The van der Waals surface area contributed by atoms with Gasteiger partial charge in [-0.15, -0.1) is 10.2 Å². The molecule has 16 heteroatoms. The fraction of sp³-hybridized carbons (Fsp3) is 0.488. The van der Waals surface area contributed by atoms with Crippen molar-refractivity contribution in [1.29, 1.82) is 0 Å². The average molecular weight is 778 g/mol. The van der Waals surface area contributed by atoms with Gasteiger partial charge in [-0.2, -0.15) is 5.10 Å². The molecule has 1 unspecified atom stereocenters. The number of benzene rings is 2. The number of imide groups is 1. The van der Waals surface area contributed by atoms with Gasteiger partial charge in [0.25, 0.3) is 11.8 Å². The van der Waals surface area contributed by atoms with Crippen molar-refractivity contribution < 1.29 is 23.6 Å². The van der Waals surface area contributed by atoms with Crippen LogP contribution in [-0.2, 0) is 16.1 Å². The molecule has 4 saturated heterocycles. The molecule has 298 valence electrons. The number of hydrogen-bond acceptors (Lipinski definition) is 11. The molecule has 5 aliphatic heterocycles. The molecule has 0 aliphatic carbocycles. The number of piperidine rings is 4. The molecular weight excluding hydrogens is 730 g/mol. The molecule has 7 heterocycles. The highest BCUT2D eigenvalue weighted by Gasteiger charge is 2.41. The van der Waals surface area contributed by atoms with Crippen molar-refractivity contribution in [2.24, 2.45) is 5.92 Å². The Morgan fingerprint density at radius 2 is 1.68 bits per heavy atom. The molecule has 9 rings (SSSR count). The molecule has 1 atom stereocenters. The first-order valence-electron chi connectivity index (χ1n) is 20.3. The smallest absolute Gasteiger partial charge is 0.276 e. The minimum Gasteiger partial charge on any atom is -0.382 e. The summed E-state index contributed by atoms with van der Waals surface area (Å²) in [5, 5.41) is 19.2. The normalized spacial score (nSPS) is 21.3. The van der Waals surface area contributed by atoms with Crippen molar-refractivity contribution in [3.63, 3.8) is 0 Å². The number of likely N-dealkylation sites (tertiary alicyclic amines) is 1. The average Bonchev–Trinajstić information content (AvgIpc) is 3.79. The third-order valence-corrected chi connectivity index (χ3v) is 12.5. The fourth-order valence-electron chi connectivity index (χ4n) is 9.30. The van der Waals surface area contributed by atoms with Gasteiger partial charge in [-0.25, -0.2) is 4.39 Å². The Morgan fingerprint density at radius 3 is 2.42 bits per heavy atom. The molecule has 4 N–H and O–H groups in total. The van der Waals surface area contributed by atoms with E-state index in [1.165, 1.54) is 17.4 Å².